The van der Waals surface area contributed by atoms with Crippen LogP contribution in [0.2, 0.25) is 0 Å². The number of thioether (sulfide) groups is 1. The number of nitrogens with zero attached hydrogens (tertiary/aromatic N) is 1. The second-order valence-electron chi connectivity index (χ2n) is 8.70. The molecule has 128 valence electrons. The van der Waals surface area contributed by atoms with E-state index in [0.29, 0.717) is 35.3 Å². The lowest BCUT2D eigenvalue weighted by atomic mass is 9.45. The SMILES string of the molecule is C[C@H]1[C@@H](OC(=O)[C@@H]2CS[C@@]3(C)CCC(=O)N23)C[C@H]2C[C@@H]1C2(C)C. The zero-order valence-electron chi connectivity index (χ0n) is 14.5. The van der Waals surface area contributed by atoms with Crippen molar-refractivity contribution in [1.82, 2.24) is 4.90 Å². The van der Waals surface area contributed by atoms with Crippen LogP contribution in [0.5, 0.6) is 0 Å². The van der Waals surface area contributed by atoms with Crippen molar-refractivity contribution < 1.29 is 14.3 Å². The summed E-state index contributed by atoms with van der Waals surface area (Å²) in [5.74, 6) is 2.38. The zero-order chi connectivity index (χ0) is 16.6. The number of carbonyl (C=O) groups excluding carboxylic acids is 2. The Labute approximate surface area is 142 Å². The molecule has 0 aromatic heterocycles. The summed E-state index contributed by atoms with van der Waals surface area (Å²) >= 11 is 1.73. The van der Waals surface area contributed by atoms with Crippen LogP contribution >= 0.6 is 11.8 Å². The zero-order valence-corrected chi connectivity index (χ0v) is 15.3. The molecule has 0 unspecified atom stereocenters. The summed E-state index contributed by atoms with van der Waals surface area (Å²) in [7, 11) is 0. The van der Waals surface area contributed by atoms with E-state index >= 15 is 0 Å². The molecule has 5 heteroatoms. The largest absolute Gasteiger partial charge is 0.461 e. The second kappa shape index (κ2) is 4.90. The van der Waals surface area contributed by atoms with Crippen LogP contribution in [0.15, 0.2) is 0 Å². The summed E-state index contributed by atoms with van der Waals surface area (Å²) in [5, 5.41) is 0. The monoisotopic (exact) mass is 337 g/mol. The Morgan fingerprint density at radius 3 is 2.70 bits per heavy atom. The minimum atomic E-state index is -0.376. The molecular formula is C18H27NO3S. The summed E-state index contributed by atoms with van der Waals surface area (Å²) in [4.78, 5) is 26.5. The van der Waals surface area contributed by atoms with Crippen LogP contribution in [0.3, 0.4) is 0 Å². The highest BCUT2D eigenvalue weighted by molar-refractivity contribution is 8.01. The van der Waals surface area contributed by atoms with Crippen LogP contribution < -0.4 is 0 Å². The number of hydrogen-bond donors (Lipinski definition) is 0. The highest BCUT2D eigenvalue weighted by Crippen LogP contribution is 2.61. The van der Waals surface area contributed by atoms with Crippen LogP contribution in [0.4, 0.5) is 0 Å². The molecule has 6 atom stereocenters. The van der Waals surface area contributed by atoms with Crippen molar-refractivity contribution in [2.75, 3.05) is 5.75 Å². The molecule has 5 aliphatic rings. The van der Waals surface area contributed by atoms with Crippen molar-refractivity contribution in [2.24, 2.45) is 23.2 Å². The Kier molecular flexibility index (Phi) is 3.37. The number of amides is 1. The predicted molar refractivity (Wildman–Crippen MR) is 89.8 cm³/mol. The fourth-order valence-electron chi connectivity index (χ4n) is 5.48. The van der Waals surface area contributed by atoms with Crippen molar-refractivity contribution in [3.8, 4) is 0 Å². The van der Waals surface area contributed by atoms with E-state index in [-0.39, 0.29) is 28.9 Å². The highest BCUT2D eigenvalue weighted by Gasteiger charge is 2.58. The van der Waals surface area contributed by atoms with Gasteiger partial charge in [0.15, 0.2) is 0 Å². The molecule has 23 heavy (non-hydrogen) atoms. The van der Waals surface area contributed by atoms with E-state index in [1.807, 2.05) is 0 Å². The Balaban J connectivity index is 1.44. The van der Waals surface area contributed by atoms with Gasteiger partial charge < -0.3 is 9.64 Å². The second-order valence-corrected chi connectivity index (χ2v) is 10.2. The van der Waals surface area contributed by atoms with E-state index in [2.05, 4.69) is 27.7 Å². The lowest BCUT2D eigenvalue weighted by molar-refractivity contribution is -0.190. The van der Waals surface area contributed by atoms with E-state index in [0.717, 1.165) is 12.8 Å². The van der Waals surface area contributed by atoms with Gasteiger partial charge in [0.05, 0.1) is 4.87 Å². The van der Waals surface area contributed by atoms with Crippen molar-refractivity contribution in [2.45, 2.75) is 70.4 Å². The van der Waals surface area contributed by atoms with Crippen LogP contribution in [-0.4, -0.2) is 39.5 Å². The summed E-state index contributed by atoms with van der Waals surface area (Å²) < 4.78 is 5.94. The average molecular weight is 337 g/mol. The van der Waals surface area contributed by atoms with Gasteiger partial charge in [0, 0.05) is 12.2 Å². The van der Waals surface area contributed by atoms with Gasteiger partial charge >= 0.3 is 5.97 Å². The van der Waals surface area contributed by atoms with Gasteiger partial charge in [0.25, 0.3) is 0 Å². The fraction of sp³-hybridized carbons (Fsp3) is 0.889. The molecule has 0 radical (unpaired) electrons. The van der Waals surface area contributed by atoms with E-state index in [4.69, 9.17) is 4.74 Å². The quantitative estimate of drug-likeness (QED) is 0.727. The van der Waals surface area contributed by atoms with Crippen LogP contribution in [0, 0.1) is 23.2 Å². The number of rotatable bonds is 2. The van der Waals surface area contributed by atoms with Crippen molar-refractivity contribution >= 4 is 23.6 Å². The topological polar surface area (TPSA) is 46.6 Å². The van der Waals surface area contributed by atoms with E-state index in [1.54, 1.807) is 16.7 Å². The first-order valence-electron chi connectivity index (χ1n) is 8.90. The maximum atomic E-state index is 12.7. The number of ether oxygens (including phenoxy) is 1. The third-order valence-corrected chi connectivity index (χ3v) is 8.77. The van der Waals surface area contributed by atoms with Gasteiger partial charge in [-0.3, -0.25) is 4.79 Å². The first-order valence-corrected chi connectivity index (χ1v) is 9.89. The van der Waals surface area contributed by atoms with Crippen LogP contribution in [0.25, 0.3) is 0 Å². The average Bonchev–Trinajstić information content (AvgIpc) is 2.97. The fourth-order valence-corrected chi connectivity index (χ4v) is 6.90. The lowest BCUT2D eigenvalue weighted by Gasteiger charge is -2.61. The third kappa shape index (κ3) is 2.11. The van der Waals surface area contributed by atoms with Crippen LogP contribution in [-0.2, 0) is 14.3 Å². The first-order chi connectivity index (χ1) is 10.7. The molecule has 0 spiro atoms. The molecular weight excluding hydrogens is 310 g/mol. The summed E-state index contributed by atoms with van der Waals surface area (Å²) in [5.41, 5.74) is 0.398. The molecule has 1 amide bonds. The molecule has 2 saturated heterocycles. The molecule has 0 aromatic carbocycles. The number of esters is 1. The van der Waals surface area contributed by atoms with E-state index in [9.17, 15) is 9.59 Å². The smallest absolute Gasteiger partial charge is 0.330 e. The Bertz CT molecular complexity index is 562. The standard InChI is InChI=1S/C18H27NO3S/c1-10-12-7-11(17(12,2)3)8-14(10)22-16(21)13-9-23-18(4)6-5-15(20)19(13)18/h10-14H,5-9H2,1-4H3/t10-,11-,12+,13+,14+,18+/m1/s1. The number of carbonyl (C=O) groups is 2. The van der Waals surface area contributed by atoms with Gasteiger partial charge in [-0.15, -0.1) is 11.8 Å². The Morgan fingerprint density at radius 1 is 1.30 bits per heavy atom. The Hall–Kier alpha value is -0.710. The molecule has 4 nitrogen and oxygen atoms in total. The molecule has 2 heterocycles. The van der Waals surface area contributed by atoms with E-state index in [1.165, 1.54) is 6.42 Å². The molecule has 5 rings (SSSR count). The molecule has 3 saturated carbocycles. The molecule has 5 fully saturated rings. The highest BCUT2D eigenvalue weighted by atomic mass is 32.2. The maximum absolute atomic E-state index is 12.7. The molecule has 0 N–H and O–H groups in total. The van der Waals surface area contributed by atoms with Gasteiger partial charge in [-0.05, 0) is 49.4 Å². The van der Waals surface area contributed by atoms with Gasteiger partial charge in [0.1, 0.15) is 12.1 Å². The summed E-state index contributed by atoms with van der Waals surface area (Å²) in [6.45, 7) is 9.01. The first kappa shape index (κ1) is 15.8. The maximum Gasteiger partial charge on any atom is 0.330 e. The van der Waals surface area contributed by atoms with E-state index < -0.39 is 0 Å². The molecule has 2 aliphatic heterocycles. The number of hydrogen-bond acceptors (Lipinski definition) is 4. The molecule has 2 bridgehead atoms. The predicted octanol–water partition coefficient (Wildman–Crippen LogP) is 3.05. The molecule has 3 aliphatic carbocycles. The van der Waals surface area contributed by atoms with Crippen molar-refractivity contribution in [1.29, 1.82) is 0 Å². The number of fused-ring (bicyclic) bond motifs is 3. The minimum Gasteiger partial charge on any atom is -0.461 e. The normalized spacial score (nSPS) is 47.2. The van der Waals surface area contributed by atoms with Crippen molar-refractivity contribution in [3.05, 3.63) is 0 Å². The summed E-state index contributed by atoms with van der Waals surface area (Å²) in [6.07, 6.45) is 3.71. The van der Waals surface area contributed by atoms with Gasteiger partial charge in [-0.1, -0.05) is 20.8 Å². The lowest BCUT2D eigenvalue weighted by Crippen LogP contribution is -2.58. The Morgan fingerprint density at radius 2 is 2.04 bits per heavy atom. The molecule has 0 aromatic rings. The van der Waals surface area contributed by atoms with Crippen LogP contribution in [0.1, 0.15) is 53.4 Å². The van der Waals surface area contributed by atoms with Gasteiger partial charge in [-0.2, -0.15) is 0 Å². The van der Waals surface area contributed by atoms with Gasteiger partial charge in [0.2, 0.25) is 5.91 Å². The minimum absolute atomic E-state index is 0.0360. The third-order valence-electron chi connectivity index (χ3n) is 7.27. The summed E-state index contributed by atoms with van der Waals surface area (Å²) in [6, 6.07) is -0.376. The van der Waals surface area contributed by atoms with Gasteiger partial charge in [-0.25, -0.2) is 4.79 Å². The van der Waals surface area contributed by atoms with Crippen molar-refractivity contribution in [3.63, 3.8) is 0 Å².